The fourth-order valence-corrected chi connectivity index (χ4v) is 3.45. The lowest BCUT2D eigenvalue weighted by molar-refractivity contribution is 0.117. The summed E-state index contributed by atoms with van der Waals surface area (Å²) < 4.78 is 5.81. The largest absolute Gasteiger partial charge is 0.378 e. The summed E-state index contributed by atoms with van der Waals surface area (Å²) >= 11 is 0. The molecule has 1 N–H and O–H groups in total. The van der Waals surface area contributed by atoms with Gasteiger partial charge in [0.25, 0.3) is 0 Å². The van der Waals surface area contributed by atoms with Crippen molar-refractivity contribution in [1.29, 1.82) is 0 Å². The second kappa shape index (κ2) is 7.95. The van der Waals surface area contributed by atoms with Crippen LogP contribution in [0.5, 0.6) is 0 Å². The van der Waals surface area contributed by atoms with Crippen LogP contribution in [-0.4, -0.2) is 19.3 Å². The summed E-state index contributed by atoms with van der Waals surface area (Å²) in [6, 6.07) is 7.52. The van der Waals surface area contributed by atoms with Crippen molar-refractivity contribution in [3.8, 4) is 0 Å². The van der Waals surface area contributed by atoms with Gasteiger partial charge in [0.05, 0.1) is 12.7 Å². The fraction of sp³-hybridized carbons (Fsp3) is 0.684. The van der Waals surface area contributed by atoms with Gasteiger partial charge < -0.3 is 10.1 Å². The summed E-state index contributed by atoms with van der Waals surface area (Å²) in [6.07, 6.45) is 4.99. The van der Waals surface area contributed by atoms with Crippen LogP contribution >= 0.6 is 0 Å². The van der Waals surface area contributed by atoms with Gasteiger partial charge >= 0.3 is 0 Å². The predicted molar refractivity (Wildman–Crippen MR) is 89.8 cm³/mol. The van der Waals surface area contributed by atoms with Gasteiger partial charge in [0.2, 0.25) is 0 Å². The number of hydrogen-bond acceptors (Lipinski definition) is 2. The van der Waals surface area contributed by atoms with Gasteiger partial charge in [-0.1, -0.05) is 39.0 Å². The highest BCUT2D eigenvalue weighted by Crippen LogP contribution is 2.32. The first-order valence-electron chi connectivity index (χ1n) is 8.66. The molecule has 1 aromatic rings. The van der Waals surface area contributed by atoms with Crippen LogP contribution in [0, 0.1) is 5.92 Å². The van der Waals surface area contributed by atoms with Gasteiger partial charge in [-0.2, -0.15) is 0 Å². The van der Waals surface area contributed by atoms with Crippen molar-refractivity contribution < 1.29 is 4.74 Å². The minimum Gasteiger partial charge on any atom is -0.378 e. The zero-order chi connectivity index (χ0) is 15.2. The van der Waals surface area contributed by atoms with Crippen LogP contribution in [0.25, 0.3) is 0 Å². The summed E-state index contributed by atoms with van der Waals surface area (Å²) in [5.41, 5.74) is 4.44. The lowest BCUT2D eigenvalue weighted by atomic mass is 9.88. The maximum Gasteiger partial charge on any atom is 0.0551 e. The molecule has 0 amide bonds. The van der Waals surface area contributed by atoms with E-state index < -0.39 is 0 Å². The Kier molecular flexibility index (Phi) is 6.25. The maximum absolute atomic E-state index is 5.81. The van der Waals surface area contributed by atoms with Gasteiger partial charge in [0, 0.05) is 12.0 Å². The molecule has 1 aliphatic heterocycles. The van der Waals surface area contributed by atoms with E-state index in [1.165, 1.54) is 29.5 Å². The Morgan fingerprint density at radius 2 is 1.95 bits per heavy atom. The third-order valence-electron chi connectivity index (χ3n) is 4.67. The van der Waals surface area contributed by atoms with Crippen molar-refractivity contribution in [3.05, 3.63) is 34.9 Å². The summed E-state index contributed by atoms with van der Waals surface area (Å²) in [7, 11) is 0. The quantitative estimate of drug-likeness (QED) is 0.809. The van der Waals surface area contributed by atoms with Crippen LogP contribution < -0.4 is 5.32 Å². The molecule has 0 bridgehead atoms. The Morgan fingerprint density at radius 3 is 2.52 bits per heavy atom. The van der Waals surface area contributed by atoms with E-state index in [4.69, 9.17) is 4.74 Å². The molecule has 2 nitrogen and oxygen atoms in total. The SMILES string of the molecule is CCCNC(c1ccc(CC)c(CC)c1)C1COC(C)C1. The highest BCUT2D eigenvalue weighted by Gasteiger charge is 2.30. The number of rotatable bonds is 7. The molecule has 0 saturated carbocycles. The number of ether oxygens (including phenoxy) is 1. The molecule has 1 heterocycles. The average molecular weight is 289 g/mol. The molecule has 0 spiro atoms. The normalized spacial score (nSPS) is 23.4. The lowest BCUT2D eigenvalue weighted by Crippen LogP contribution is -2.29. The third-order valence-corrected chi connectivity index (χ3v) is 4.67. The van der Waals surface area contributed by atoms with E-state index in [1.807, 2.05) is 0 Å². The van der Waals surface area contributed by atoms with Gasteiger partial charge in [-0.15, -0.1) is 0 Å². The smallest absolute Gasteiger partial charge is 0.0551 e. The van der Waals surface area contributed by atoms with Crippen LogP contribution in [0.2, 0.25) is 0 Å². The van der Waals surface area contributed by atoms with Gasteiger partial charge in [0.15, 0.2) is 0 Å². The van der Waals surface area contributed by atoms with Gasteiger partial charge in [-0.25, -0.2) is 0 Å². The number of hydrogen-bond donors (Lipinski definition) is 1. The van der Waals surface area contributed by atoms with E-state index in [9.17, 15) is 0 Å². The molecule has 21 heavy (non-hydrogen) atoms. The molecule has 3 atom stereocenters. The zero-order valence-corrected chi connectivity index (χ0v) is 14.1. The molecule has 0 aromatic heterocycles. The monoisotopic (exact) mass is 289 g/mol. The van der Waals surface area contributed by atoms with Crippen molar-refractivity contribution in [2.24, 2.45) is 5.92 Å². The second-order valence-electron chi connectivity index (χ2n) is 6.31. The first-order chi connectivity index (χ1) is 10.2. The highest BCUT2D eigenvalue weighted by molar-refractivity contribution is 5.34. The van der Waals surface area contributed by atoms with E-state index in [0.717, 1.165) is 26.0 Å². The van der Waals surface area contributed by atoms with Crippen molar-refractivity contribution in [2.45, 2.75) is 65.5 Å². The molecule has 3 unspecified atom stereocenters. The number of benzene rings is 1. The maximum atomic E-state index is 5.81. The topological polar surface area (TPSA) is 21.3 Å². The number of nitrogens with one attached hydrogen (secondary N) is 1. The molecule has 1 aromatic carbocycles. The fourth-order valence-electron chi connectivity index (χ4n) is 3.45. The first-order valence-corrected chi connectivity index (χ1v) is 8.66. The standard InChI is InChI=1S/C19H31NO/c1-5-10-20-19(18-11-14(4)21-13-18)17-9-8-15(6-2)16(7-3)12-17/h8-9,12,14,18-20H,5-7,10-11,13H2,1-4H3. The van der Waals surface area contributed by atoms with Crippen molar-refractivity contribution in [1.82, 2.24) is 5.32 Å². The van der Waals surface area contributed by atoms with Crippen molar-refractivity contribution >= 4 is 0 Å². The van der Waals surface area contributed by atoms with E-state index in [2.05, 4.69) is 51.2 Å². The molecule has 2 rings (SSSR count). The molecule has 0 aliphatic carbocycles. The first kappa shape index (κ1) is 16.5. The van der Waals surface area contributed by atoms with Crippen LogP contribution in [0.4, 0.5) is 0 Å². The summed E-state index contributed by atoms with van der Waals surface area (Å²) in [5.74, 6) is 0.601. The average Bonchev–Trinajstić information content (AvgIpc) is 2.93. The highest BCUT2D eigenvalue weighted by atomic mass is 16.5. The van der Waals surface area contributed by atoms with Crippen LogP contribution in [-0.2, 0) is 17.6 Å². The molecule has 1 aliphatic rings. The van der Waals surface area contributed by atoms with Crippen LogP contribution in [0.1, 0.15) is 63.3 Å². The van der Waals surface area contributed by atoms with Crippen molar-refractivity contribution in [3.63, 3.8) is 0 Å². The minimum atomic E-state index is 0.404. The Labute approximate surface area is 130 Å². The van der Waals surface area contributed by atoms with E-state index in [0.29, 0.717) is 18.1 Å². The van der Waals surface area contributed by atoms with E-state index in [1.54, 1.807) is 0 Å². The molecule has 118 valence electrons. The van der Waals surface area contributed by atoms with Gasteiger partial charge in [0.1, 0.15) is 0 Å². The Morgan fingerprint density at radius 1 is 1.19 bits per heavy atom. The summed E-state index contributed by atoms with van der Waals surface area (Å²) in [6.45, 7) is 10.9. The Balaban J connectivity index is 2.23. The lowest BCUT2D eigenvalue weighted by Gasteiger charge is -2.25. The molecular weight excluding hydrogens is 258 g/mol. The third kappa shape index (κ3) is 4.08. The molecule has 0 radical (unpaired) electrons. The minimum absolute atomic E-state index is 0.404. The molecule has 1 fully saturated rings. The summed E-state index contributed by atoms with van der Waals surface area (Å²) in [5, 5.41) is 3.76. The summed E-state index contributed by atoms with van der Waals surface area (Å²) in [4.78, 5) is 0. The number of aryl methyl sites for hydroxylation is 2. The van der Waals surface area contributed by atoms with E-state index in [-0.39, 0.29) is 0 Å². The molecule has 2 heteroatoms. The van der Waals surface area contributed by atoms with Crippen molar-refractivity contribution in [2.75, 3.05) is 13.2 Å². The Bertz CT molecular complexity index is 443. The zero-order valence-electron chi connectivity index (χ0n) is 14.1. The molecule has 1 saturated heterocycles. The second-order valence-corrected chi connectivity index (χ2v) is 6.31. The Hall–Kier alpha value is -0.860. The molecular formula is C19H31NO. The van der Waals surface area contributed by atoms with Gasteiger partial charge in [-0.05, 0) is 55.8 Å². The van der Waals surface area contributed by atoms with Crippen LogP contribution in [0.3, 0.4) is 0 Å². The van der Waals surface area contributed by atoms with Gasteiger partial charge in [-0.3, -0.25) is 0 Å². The predicted octanol–water partition coefficient (Wildman–Crippen LogP) is 4.28. The van der Waals surface area contributed by atoms with Crippen LogP contribution in [0.15, 0.2) is 18.2 Å². The van der Waals surface area contributed by atoms with E-state index >= 15 is 0 Å².